The van der Waals surface area contributed by atoms with Gasteiger partial charge in [-0.25, -0.2) is 8.42 Å². The summed E-state index contributed by atoms with van der Waals surface area (Å²) in [5.74, 6) is -0.380. The molecule has 0 spiro atoms. The first-order valence-corrected chi connectivity index (χ1v) is 11.2. The van der Waals surface area contributed by atoms with Crippen molar-refractivity contribution >= 4 is 26.8 Å². The highest BCUT2D eigenvalue weighted by Gasteiger charge is 2.26. The molecule has 0 saturated carbocycles. The van der Waals surface area contributed by atoms with Gasteiger partial charge in [-0.2, -0.15) is 4.31 Å². The molecule has 3 rings (SSSR count). The number of fused-ring (bicyclic) bond motifs is 1. The Morgan fingerprint density at radius 2 is 1.86 bits per heavy atom. The van der Waals surface area contributed by atoms with Crippen molar-refractivity contribution in [3.05, 3.63) is 40.2 Å². The Balaban J connectivity index is 2.06. The van der Waals surface area contributed by atoms with Gasteiger partial charge in [-0.3, -0.25) is 9.59 Å². The molecule has 7 nitrogen and oxygen atoms in total. The second-order valence-electron chi connectivity index (χ2n) is 7.36. The molecule has 1 aliphatic rings. The Labute approximate surface area is 165 Å². The Hall–Kier alpha value is -2.19. The highest BCUT2D eigenvalue weighted by Crippen LogP contribution is 2.25. The van der Waals surface area contributed by atoms with Crippen LogP contribution in [-0.4, -0.2) is 42.7 Å². The van der Waals surface area contributed by atoms with Crippen LogP contribution in [0.5, 0.6) is 0 Å². The lowest BCUT2D eigenvalue weighted by Crippen LogP contribution is -2.33. The number of benzene rings is 1. The predicted molar refractivity (Wildman–Crippen MR) is 109 cm³/mol. The minimum Gasteiger partial charge on any atom is -0.350 e. The number of H-pyrrole nitrogens is 1. The number of pyridine rings is 1. The lowest BCUT2D eigenvalue weighted by molar-refractivity contribution is 0.0940. The molecule has 2 heterocycles. The molecule has 1 saturated heterocycles. The van der Waals surface area contributed by atoms with E-state index in [0.717, 1.165) is 32.1 Å². The summed E-state index contributed by atoms with van der Waals surface area (Å²) in [4.78, 5) is 27.5. The fourth-order valence-electron chi connectivity index (χ4n) is 3.42. The Morgan fingerprint density at radius 3 is 2.50 bits per heavy atom. The van der Waals surface area contributed by atoms with Crippen molar-refractivity contribution in [3.8, 4) is 0 Å². The van der Waals surface area contributed by atoms with Crippen LogP contribution in [0.4, 0.5) is 0 Å². The number of aromatic nitrogens is 1. The van der Waals surface area contributed by atoms with Gasteiger partial charge < -0.3 is 10.3 Å². The maximum Gasteiger partial charge on any atom is 0.252 e. The van der Waals surface area contributed by atoms with Gasteiger partial charge in [0, 0.05) is 36.1 Å². The van der Waals surface area contributed by atoms with Crippen molar-refractivity contribution in [2.24, 2.45) is 0 Å². The molecule has 1 atom stereocenters. The summed E-state index contributed by atoms with van der Waals surface area (Å²) >= 11 is 0. The van der Waals surface area contributed by atoms with Gasteiger partial charge in [-0.1, -0.05) is 19.8 Å². The van der Waals surface area contributed by atoms with Crippen molar-refractivity contribution in [2.45, 2.75) is 56.9 Å². The van der Waals surface area contributed by atoms with E-state index in [0.29, 0.717) is 24.0 Å². The van der Waals surface area contributed by atoms with Crippen LogP contribution < -0.4 is 10.9 Å². The van der Waals surface area contributed by atoms with Crippen molar-refractivity contribution in [1.29, 1.82) is 0 Å². The lowest BCUT2D eigenvalue weighted by Gasteiger charge is -2.20. The second-order valence-corrected chi connectivity index (χ2v) is 9.29. The molecule has 2 N–H and O–H groups in total. The second kappa shape index (κ2) is 8.45. The fourth-order valence-corrected chi connectivity index (χ4v) is 4.96. The molecule has 0 aliphatic carbocycles. The maximum absolute atomic E-state index is 13.1. The van der Waals surface area contributed by atoms with E-state index in [4.69, 9.17) is 0 Å². The third-order valence-corrected chi connectivity index (χ3v) is 7.15. The minimum atomic E-state index is -3.65. The summed E-state index contributed by atoms with van der Waals surface area (Å²) in [6.07, 6.45) is 4.52. The van der Waals surface area contributed by atoms with E-state index in [1.165, 1.54) is 22.5 Å². The van der Waals surface area contributed by atoms with Crippen LogP contribution in [0.3, 0.4) is 0 Å². The number of sulfonamides is 1. The summed E-state index contributed by atoms with van der Waals surface area (Å²) in [7, 11) is -3.65. The predicted octanol–water partition coefficient (Wildman–Crippen LogP) is 2.62. The van der Waals surface area contributed by atoms with Crippen LogP contribution in [-0.2, 0) is 10.0 Å². The first kappa shape index (κ1) is 20.5. The number of aromatic amines is 1. The van der Waals surface area contributed by atoms with Gasteiger partial charge in [0.2, 0.25) is 15.6 Å². The van der Waals surface area contributed by atoms with E-state index < -0.39 is 15.6 Å². The number of nitrogens with zero attached hydrogens (tertiary/aromatic N) is 1. The van der Waals surface area contributed by atoms with Crippen LogP contribution >= 0.6 is 0 Å². The smallest absolute Gasteiger partial charge is 0.252 e. The maximum atomic E-state index is 13.1. The molecule has 0 radical (unpaired) electrons. The third-order valence-electron chi connectivity index (χ3n) is 5.25. The molecule has 1 aromatic carbocycles. The minimum absolute atomic E-state index is 0.0501. The molecular formula is C20H27N3O4S. The van der Waals surface area contributed by atoms with Gasteiger partial charge in [0.1, 0.15) is 0 Å². The van der Waals surface area contributed by atoms with Crippen molar-refractivity contribution in [3.63, 3.8) is 0 Å². The molecule has 2 aromatic rings. The molecule has 152 valence electrons. The number of amides is 1. The van der Waals surface area contributed by atoms with Gasteiger partial charge in [-0.05, 0) is 44.4 Å². The number of carbonyl (C=O) groups excluding carboxylic acids is 1. The van der Waals surface area contributed by atoms with Crippen LogP contribution in [0.25, 0.3) is 10.9 Å². The molecule has 8 heteroatoms. The van der Waals surface area contributed by atoms with E-state index in [2.05, 4.69) is 10.3 Å². The van der Waals surface area contributed by atoms with Crippen LogP contribution in [0.15, 0.2) is 34.0 Å². The fraction of sp³-hybridized carbons (Fsp3) is 0.500. The summed E-state index contributed by atoms with van der Waals surface area (Å²) in [5.41, 5.74) is 0.230. The molecule has 1 unspecified atom stereocenters. The topological polar surface area (TPSA) is 99.3 Å². The average Bonchev–Trinajstić information content (AvgIpc) is 2.96. The molecule has 0 bridgehead atoms. The number of carbonyl (C=O) groups is 1. The summed E-state index contributed by atoms with van der Waals surface area (Å²) in [5, 5.41) is 3.27. The largest absolute Gasteiger partial charge is 0.350 e. The third kappa shape index (κ3) is 4.28. The molecular weight excluding hydrogens is 378 g/mol. The Morgan fingerprint density at radius 1 is 1.18 bits per heavy atom. The van der Waals surface area contributed by atoms with Gasteiger partial charge in [0.05, 0.1) is 10.5 Å². The monoisotopic (exact) mass is 405 g/mol. The first-order chi connectivity index (χ1) is 13.3. The Bertz CT molecular complexity index is 1020. The van der Waals surface area contributed by atoms with Crippen LogP contribution in [0.2, 0.25) is 0 Å². The molecule has 1 aromatic heterocycles. The SMILES string of the molecule is CCC(C)NC(=O)c1cc(=O)[nH]c2ccc(S(=O)(=O)N3CCCCCC3)cc12. The number of hydrogen-bond donors (Lipinski definition) is 2. The highest BCUT2D eigenvalue weighted by molar-refractivity contribution is 7.89. The average molecular weight is 406 g/mol. The first-order valence-electron chi connectivity index (χ1n) is 9.81. The van der Waals surface area contributed by atoms with E-state index in [1.807, 2.05) is 13.8 Å². The van der Waals surface area contributed by atoms with Gasteiger partial charge in [0.25, 0.3) is 5.91 Å². The Kier molecular flexibility index (Phi) is 6.20. The summed E-state index contributed by atoms with van der Waals surface area (Å²) in [6.45, 7) is 4.84. The van der Waals surface area contributed by atoms with E-state index in [9.17, 15) is 18.0 Å². The van der Waals surface area contributed by atoms with Gasteiger partial charge in [-0.15, -0.1) is 0 Å². The van der Waals surface area contributed by atoms with Crippen molar-refractivity contribution in [2.75, 3.05) is 13.1 Å². The van der Waals surface area contributed by atoms with Gasteiger partial charge >= 0.3 is 0 Å². The van der Waals surface area contributed by atoms with Crippen molar-refractivity contribution in [1.82, 2.24) is 14.6 Å². The van der Waals surface area contributed by atoms with Crippen molar-refractivity contribution < 1.29 is 13.2 Å². The molecule has 1 amide bonds. The zero-order valence-corrected chi connectivity index (χ0v) is 17.1. The molecule has 1 fully saturated rings. The van der Waals surface area contributed by atoms with E-state index >= 15 is 0 Å². The van der Waals surface area contributed by atoms with E-state index in [-0.39, 0.29) is 22.4 Å². The normalized spacial score (nSPS) is 17.2. The summed E-state index contributed by atoms with van der Waals surface area (Å²) < 4.78 is 27.7. The van der Waals surface area contributed by atoms with E-state index in [1.54, 1.807) is 6.07 Å². The summed E-state index contributed by atoms with van der Waals surface area (Å²) in [6, 6.07) is 5.72. The number of hydrogen-bond acceptors (Lipinski definition) is 4. The van der Waals surface area contributed by atoms with Gasteiger partial charge in [0.15, 0.2) is 0 Å². The number of rotatable bonds is 5. The van der Waals surface area contributed by atoms with Crippen LogP contribution in [0.1, 0.15) is 56.3 Å². The zero-order valence-electron chi connectivity index (χ0n) is 16.3. The lowest BCUT2D eigenvalue weighted by atomic mass is 10.1. The molecule has 1 aliphatic heterocycles. The van der Waals surface area contributed by atoms with Crippen LogP contribution in [0, 0.1) is 0 Å². The quantitative estimate of drug-likeness (QED) is 0.799. The number of nitrogens with one attached hydrogen (secondary N) is 2. The molecule has 28 heavy (non-hydrogen) atoms. The highest BCUT2D eigenvalue weighted by atomic mass is 32.2. The zero-order chi connectivity index (χ0) is 20.3. The standard InChI is InChI=1S/C20H27N3O4S/c1-3-14(2)21-20(25)17-13-19(24)22-18-9-8-15(12-16(17)18)28(26,27)23-10-6-4-5-7-11-23/h8-9,12-14H,3-7,10-11H2,1-2H3,(H,21,25)(H,22,24).